The van der Waals surface area contributed by atoms with Crippen molar-refractivity contribution in [2.45, 2.75) is 108 Å². The molecule has 0 aromatic carbocycles. The fourth-order valence-electron chi connectivity index (χ4n) is 9.21. The number of nitrogens with two attached hydrogens (primary N) is 1. The highest BCUT2D eigenvalue weighted by Crippen LogP contribution is 2.46. The molecule has 6 fully saturated rings. The zero-order valence-electron chi connectivity index (χ0n) is 25.5. The van der Waals surface area contributed by atoms with Gasteiger partial charge in [0.15, 0.2) is 0 Å². The standard InChI is InChI=1S/C33H54N6O2/c1-4-29(40)38-17-16-27(22(2)18-38)39-19-23(20-39)10-15-28-30(31-32(34)35-21-36-33(31)37(28)3)24-11-13-26(14-12-24)41-25-8-6-5-7-9-25/h4,22-28,30-33,35-36H,1,5-9,11-14,16-21,34H2,2-3H3. The van der Waals surface area contributed by atoms with Crippen LogP contribution in [0, 0.1) is 41.4 Å². The second-order valence-electron chi connectivity index (χ2n) is 14.0. The molecule has 7 unspecified atom stereocenters. The van der Waals surface area contributed by atoms with Gasteiger partial charge in [0.25, 0.3) is 0 Å². The first-order valence-electron chi connectivity index (χ1n) is 16.7. The Morgan fingerprint density at radius 1 is 0.951 bits per heavy atom. The summed E-state index contributed by atoms with van der Waals surface area (Å²) in [6.45, 7) is 10.5. The van der Waals surface area contributed by atoms with Crippen molar-refractivity contribution in [1.82, 2.24) is 25.3 Å². The number of hydrogen-bond acceptors (Lipinski definition) is 7. The van der Waals surface area contributed by atoms with Gasteiger partial charge in [-0.25, -0.2) is 0 Å². The number of carbonyl (C=O) groups excluding carboxylic acids is 1. The number of carbonyl (C=O) groups is 1. The van der Waals surface area contributed by atoms with E-state index in [1.807, 2.05) is 4.90 Å². The van der Waals surface area contributed by atoms with Crippen LogP contribution < -0.4 is 16.4 Å². The summed E-state index contributed by atoms with van der Waals surface area (Å²) in [5, 5.41) is 7.21. The topological polar surface area (TPSA) is 86.1 Å². The minimum absolute atomic E-state index is 0.0104. The van der Waals surface area contributed by atoms with Crippen molar-refractivity contribution in [3.8, 4) is 11.8 Å². The first-order chi connectivity index (χ1) is 19.9. The molecule has 8 nitrogen and oxygen atoms in total. The van der Waals surface area contributed by atoms with Crippen LogP contribution in [0.1, 0.15) is 71.1 Å². The van der Waals surface area contributed by atoms with Crippen LogP contribution in [0.2, 0.25) is 0 Å². The molecule has 41 heavy (non-hydrogen) atoms. The lowest BCUT2D eigenvalue weighted by atomic mass is 9.70. The van der Waals surface area contributed by atoms with Crippen molar-refractivity contribution in [2.75, 3.05) is 39.9 Å². The molecule has 0 aromatic rings. The highest BCUT2D eigenvalue weighted by Gasteiger charge is 2.53. The van der Waals surface area contributed by atoms with E-state index in [9.17, 15) is 4.79 Å². The van der Waals surface area contributed by atoms with E-state index in [0.717, 1.165) is 39.3 Å². The van der Waals surface area contributed by atoms with Crippen molar-refractivity contribution in [2.24, 2.45) is 35.3 Å². The number of nitrogens with zero attached hydrogens (tertiary/aromatic N) is 3. The molecule has 6 rings (SSSR count). The lowest BCUT2D eigenvalue weighted by Crippen LogP contribution is -2.63. The third-order valence-corrected chi connectivity index (χ3v) is 11.5. The lowest BCUT2D eigenvalue weighted by molar-refractivity contribution is -0.129. The second kappa shape index (κ2) is 13.0. The maximum atomic E-state index is 12.1. The van der Waals surface area contributed by atoms with Gasteiger partial charge >= 0.3 is 0 Å². The molecule has 7 atom stereocenters. The zero-order valence-corrected chi connectivity index (χ0v) is 25.5. The quantitative estimate of drug-likeness (QED) is 0.348. The van der Waals surface area contributed by atoms with E-state index in [1.54, 1.807) is 0 Å². The van der Waals surface area contributed by atoms with E-state index < -0.39 is 0 Å². The zero-order chi connectivity index (χ0) is 28.5. The van der Waals surface area contributed by atoms with Crippen LogP contribution >= 0.6 is 0 Å². The first kappa shape index (κ1) is 29.6. The van der Waals surface area contributed by atoms with Gasteiger partial charge in [0.2, 0.25) is 5.91 Å². The van der Waals surface area contributed by atoms with Crippen LogP contribution in [0.15, 0.2) is 12.7 Å². The van der Waals surface area contributed by atoms with Crippen LogP contribution in [-0.2, 0) is 9.53 Å². The predicted molar refractivity (Wildman–Crippen MR) is 162 cm³/mol. The van der Waals surface area contributed by atoms with Crippen LogP contribution in [0.3, 0.4) is 0 Å². The van der Waals surface area contributed by atoms with Crippen LogP contribution in [0.4, 0.5) is 0 Å². The van der Waals surface area contributed by atoms with E-state index >= 15 is 0 Å². The van der Waals surface area contributed by atoms with E-state index in [1.165, 1.54) is 63.9 Å². The number of hydrogen-bond donors (Lipinski definition) is 3. The van der Waals surface area contributed by atoms with Gasteiger partial charge in [-0.3, -0.25) is 25.2 Å². The van der Waals surface area contributed by atoms with Gasteiger partial charge in [-0.2, -0.15) is 0 Å². The van der Waals surface area contributed by atoms with Gasteiger partial charge < -0.3 is 15.4 Å². The second-order valence-corrected chi connectivity index (χ2v) is 14.0. The largest absolute Gasteiger partial charge is 0.375 e. The van der Waals surface area contributed by atoms with Crippen LogP contribution in [0.25, 0.3) is 0 Å². The summed E-state index contributed by atoms with van der Waals surface area (Å²) in [6, 6.07) is 0.788. The average molecular weight is 567 g/mol. The Bertz CT molecular complexity index is 976. The molecule has 4 saturated heterocycles. The highest BCUT2D eigenvalue weighted by molar-refractivity contribution is 5.87. The van der Waals surface area contributed by atoms with E-state index in [0.29, 0.717) is 47.8 Å². The maximum absolute atomic E-state index is 12.1. The Hall–Kier alpha value is -1.47. The fraction of sp³-hybridized carbons (Fsp3) is 0.848. The molecule has 4 aliphatic heterocycles. The van der Waals surface area contributed by atoms with Crippen molar-refractivity contribution in [1.29, 1.82) is 0 Å². The van der Waals surface area contributed by atoms with E-state index in [-0.39, 0.29) is 24.3 Å². The van der Waals surface area contributed by atoms with Crippen molar-refractivity contribution >= 4 is 5.91 Å². The maximum Gasteiger partial charge on any atom is 0.245 e. The lowest BCUT2D eigenvalue weighted by Gasteiger charge is -2.48. The minimum atomic E-state index is 0.0104. The number of piperidine rings is 1. The molecule has 0 aromatic heterocycles. The number of likely N-dealkylation sites (tertiary alicyclic amines) is 3. The smallest absolute Gasteiger partial charge is 0.245 e. The molecule has 2 aliphatic carbocycles. The Balaban J connectivity index is 1.07. The number of amides is 1. The third-order valence-electron chi connectivity index (χ3n) is 11.5. The van der Waals surface area contributed by atoms with Crippen molar-refractivity contribution in [3.05, 3.63) is 12.7 Å². The Labute approximate surface area is 248 Å². The molecule has 1 amide bonds. The van der Waals surface area contributed by atoms with Gasteiger partial charge in [-0.05, 0) is 75.8 Å². The van der Waals surface area contributed by atoms with Crippen molar-refractivity contribution < 1.29 is 9.53 Å². The number of fused-ring (bicyclic) bond motifs is 1. The molecule has 2 saturated carbocycles. The minimum Gasteiger partial charge on any atom is -0.375 e. The Morgan fingerprint density at radius 2 is 1.68 bits per heavy atom. The summed E-state index contributed by atoms with van der Waals surface area (Å²) in [4.78, 5) is 19.1. The summed E-state index contributed by atoms with van der Waals surface area (Å²) in [5.74, 6) is 10.0. The third kappa shape index (κ3) is 6.27. The van der Waals surface area contributed by atoms with Gasteiger partial charge in [0.05, 0.1) is 30.6 Å². The molecule has 0 bridgehead atoms. The van der Waals surface area contributed by atoms with E-state index in [4.69, 9.17) is 10.5 Å². The molecule has 4 heterocycles. The Kier molecular flexibility index (Phi) is 9.41. The summed E-state index contributed by atoms with van der Waals surface area (Å²) < 4.78 is 6.59. The molecule has 4 N–H and O–H groups in total. The number of rotatable bonds is 5. The SMILES string of the molecule is C=CC(=O)N1CCC(N2CC(C#CC3C(C4CCC(OC5CCCCC5)CC4)C4C(N)NCNC4N3C)C2)C(C)C1. The number of ether oxygens (including phenoxy) is 1. The van der Waals surface area contributed by atoms with Crippen LogP contribution in [-0.4, -0.2) is 97.1 Å². The van der Waals surface area contributed by atoms with Gasteiger partial charge in [0, 0.05) is 50.7 Å². The number of nitrogens with one attached hydrogen (secondary N) is 2. The van der Waals surface area contributed by atoms with E-state index in [2.05, 4.69) is 52.8 Å². The van der Waals surface area contributed by atoms with Gasteiger partial charge in [-0.15, -0.1) is 0 Å². The highest BCUT2D eigenvalue weighted by atomic mass is 16.5. The van der Waals surface area contributed by atoms with Crippen molar-refractivity contribution in [3.63, 3.8) is 0 Å². The molecule has 0 spiro atoms. The summed E-state index contributed by atoms with van der Waals surface area (Å²) in [5.41, 5.74) is 6.75. The van der Waals surface area contributed by atoms with Gasteiger partial charge in [-0.1, -0.05) is 44.6 Å². The molecular formula is C33H54N6O2. The molecular weight excluding hydrogens is 512 g/mol. The summed E-state index contributed by atoms with van der Waals surface area (Å²) in [6.07, 6.45) is 15.1. The monoisotopic (exact) mass is 566 g/mol. The molecule has 6 aliphatic rings. The van der Waals surface area contributed by atoms with Crippen LogP contribution in [0.5, 0.6) is 0 Å². The fourth-order valence-corrected chi connectivity index (χ4v) is 9.21. The first-order valence-corrected chi connectivity index (χ1v) is 16.7. The predicted octanol–water partition coefficient (Wildman–Crippen LogP) is 2.56. The molecule has 8 heteroatoms. The average Bonchev–Trinajstić information content (AvgIpc) is 3.25. The molecule has 0 radical (unpaired) electrons. The normalized spacial score (nSPS) is 41.2. The van der Waals surface area contributed by atoms with Gasteiger partial charge in [0.1, 0.15) is 0 Å². The summed E-state index contributed by atoms with van der Waals surface area (Å²) >= 11 is 0. The molecule has 228 valence electrons. The summed E-state index contributed by atoms with van der Waals surface area (Å²) in [7, 11) is 2.26. The Morgan fingerprint density at radius 3 is 2.39 bits per heavy atom.